The molecular weight excluding hydrogens is 583 g/mol. The van der Waals surface area contributed by atoms with Crippen molar-refractivity contribution in [2.45, 2.75) is 87.6 Å². The highest BCUT2D eigenvalue weighted by Crippen LogP contribution is 2.45. The third-order valence-electron chi connectivity index (χ3n) is 8.52. The van der Waals surface area contributed by atoms with E-state index in [4.69, 9.17) is 10.5 Å². The Labute approximate surface area is 250 Å². The Morgan fingerprint density at radius 1 is 1.21 bits per heavy atom. The molecular formula is C29H40F3N7O3S. The highest BCUT2D eigenvalue weighted by Gasteiger charge is 2.44. The molecule has 43 heavy (non-hydrogen) atoms. The summed E-state index contributed by atoms with van der Waals surface area (Å²) in [5.41, 5.74) is 9.23. The molecule has 3 aliphatic rings. The first kappa shape index (κ1) is 31.3. The average molecular weight is 624 g/mol. The van der Waals surface area contributed by atoms with Crippen molar-refractivity contribution in [3.05, 3.63) is 45.9 Å². The standard InChI is InChI=1S/C29H40F3N7O3S/c1-16(2)43(40,41)27-23(15-39(6)37-27)35-26-22(28(30,31)32)14-34-29(33,36-26)21-13-17(3)24(19-9-11-38(5)12-10-19)20-8-7-18(4)42-25(20)21/h13-16,18-19,35-36H,7-12,33H2,1-6H3. The van der Waals surface area contributed by atoms with Crippen molar-refractivity contribution in [3.8, 4) is 5.75 Å². The number of hydrogen-bond acceptors (Lipinski definition) is 9. The first-order valence-corrected chi connectivity index (χ1v) is 16.1. The lowest BCUT2D eigenvalue weighted by Gasteiger charge is -2.39. The maximum atomic E-state index is 14.3. The first-order chi connectivity index (χ1) is 20.0. The Kier molecular flexibility index (Phi) is 8.10. The molecule has 4 N–H and O–H groups in total. The van der Waals surface area contributed by atoms with E-state index >= 15 is 0 Å². The molecule has 2 atom stereocenters. The summed E-state index contributed by atoms with van der Waals surface area (Å²) in [5, 5.41) is 8.26. The van der Waals surface area contributed by atoms with E-state index in [-0.39, 0.29) is 16.8 Å². The van der Waals surface area contributed by atoms with E-state index in [9.17, 15) is 21.6 Å². The molecule has 236 valence electrons. The van der Waals surface area contributed by atoms with Crippen molar-refractivity contribution in [3.63, 3.8) is 0 Å². The smallest absolute Gasteiger partial charge is 0.421 e. The highest BCUT2D eigenvalue weighted by atomic mass is 32.2. The molecule has 5 rings (SSSR count). The molecule has 14 heteroatoms. The van der Waals surface area contributed by atoms with E-state index in [0.717, 1.165) is 49.9 Å². The molecule has 10 nitrogen and oxygen atoms in total. The molecule has 2 unspecified atom stereocenters. The van der Waals surface area contributed by atoms with Crippen LogP contribution in [-0.4, -0.2) is 67.0 Å². The average Bonchev–Trinajstić information content (AvgIpc) is 3.29. The summed E-state index contributed by atoms with van der Waals surface area (Å²) < 4.78 is 76.4. The number of aryl methyl sites for hydroxylation is 2. The number of halogens is 3. The number of sulfone groups is 1. The van der Waals surface area contributed by atoms with Gasteiger partial charge in [-0.15, -0.1) is 0 Å². The van der Waals surface area contributed by atoms with Crippen LogP contribution >= 0.6 is 0 Å². The number of aliphatic imine (C=N–C) groups is 1. The minimum Gasteiger partial charge on any atom is -0.490 e. The lowest BCUT2D eigenvalue weighted by Crippen LogP contribution is -2.53. The van der Waals surface area contributed by atoms with Gasteiger partial charge in [-0.3, -0.25) is 10.4 Å². The number of nitrogens with one attached hydrogen (secondary N) is 2. The number of alkyl halides is 3. The molecule has 1 aromatic heterocycles. The van der Waals surface area contributed by atoms with Crippen molar-refractivity contribution in [2.24, 2.45) is 17.8 Å². The fourth-order valence-electron chi connectivity index (χ4n) is 6.12. The summed E-state index contributed by atoms with van der Waals surface area (Å²) in [5.74, 6) is -1.49. The molecule has 0 bridgehead atoms. The van der Waals surface area contributed by atoms with Crippen LogP contribution in [0, 0.1) is 6.92 Å². The quantitative estimate of drug-likeness (QED) is 0.440. The lowest BCUT2D eigenvalue weighted by atomic mass is 9.79. The Morgan fingerprint density at radius 2 is 1.88 bits per heavy atom. The number of nitrogens with two attached hydrogens (primary N) is 1. The van der Waals surface area contributed by atoms with Crippen LogP contribution in [-0.2, 0) is 29.1 Å². The molecule has 1 fully saturated rings. The lowest BCUT2D eigenvalue weighted by molar-refractivity contribution is -0.0871. The molecule has 4 heterocycles. The normalized spacial score (nSPS) is 23.7. The molecule has 0 spiro atoms. The number of benzene rings is 1. The van der Waals surface area contributed by atoms with Gasteiger partial charge in [-0.25, -0.2) is 13.4 Å². The van der Waals surface area contributed by atoms with Crippen LogP contribution in [0.3, 0.4) is 0 Å². The number of hydrogen-bond donors (Lipinski definition) is 3. The number of nitrogens with zero attached hydrogens (tertiary/aromatic N) is 4. The third kappa shape index (κ3) is 5.88. The second-order valence-electron chi connectivity index (χ2n) is 12.2. The minimum absolute atomic E-state index is 0.112. The van der Waals surface area contributed by atoms with Gasteiger partial charge in [-0.05, 0) is 102 Å². The topological polar surface area (TPSA) is 127 Å². The SMILES string of the molecule is Cc1cc(C2(N)N=CC(C(F)(F)F)=C(Nc3cn(C)nc3S(=O)(=O)C(C)C)N2)c2c(c1C1CCN(C)CC1)CCC(C)O2. The van der Waals surface area contributed by atoms with Crippen molar-refractivity contribution < 1.29 is 26.3 Å². The Balaban J connectivity index is 1.60. The van der Waals surface area contributed by atoms with Gasteiger partial charge in [0.25, 0.3) is 0 Å². The van der Waals surface area contributed by atoms with Crippen molar-refractivity contribution >= 4 is 21.7 Å². The number of allylic oxidation sites excluding steroid dienone is 1. The second-order valence-corrected chi connectivity index (χ2v) is 14.6. The predicted octanol–water partition coefficient (Wildman–Crippen LogP) is 4.06. The van der Waals surface area contributed by atoms with E-state index in [1.807, 2.05) is 19.9 Å². The first-order valence-electron chi connectivity index (χ1n) is 14.5. The van der Waals surface area contributed by atoms with Gasteiger partial charge < -0.3 is 20.3 Å². The number of piperidine rings is 1. The monoisotopic (exact) mass is 623 g/mol. The van der Waals surface area contributed by atoms with Gasteiger partial charge in [0.1, 0.15) is 17.1 Å². The molecule has 3 aliphatic heterocycles. The zero-order valence-electron chi connectivity index (χ0n) is 25.3. The number of aromatic nitrogens is 2. The van der Waals surface area contributed by atoms with Gasteiger partial charge in [-0.1, -0.05) is 0 Å². The van der Waals surface area contributed by atoms with Gasteiger partial charge in [0.15, 0.2) is 0 Å². The summed E-state index contributed by atoms with van der Waals surface area (Å²) >= 11 is 0. The Morgan fingerprint density at radius 3 is 2.51 bits per heavy atom. The van der Waals surface area contributed by atoms with Crippen LogP contribution in [0.15, 0.2) is 33.7 Å². The molecule has 0 radical (unpaired) electrons. The largest absolute Gasteiger partial charge is 0.490 e. The summed E-state index contributed by atoms with van der Waals surface area (Å²) in [6.45, 7) is 8.87. The van der Waals surface area contributed by atoms with E-state index in [1.165, 1.54) is 37.3 Å². The number of likely N-dealkylation sites (tertiary alicyclic amines) is 1. The van der Waals surface area contributed by atoms with Crippen molar-refractivity contribution in [1.82, 2.24) is 20.0 Å². The summed E-state index contributed by atoms with van der Waals surface area (Å²) in [6, 6.07) is 1.86. The van der Waals surface area contributed by atoms with Gasteiger partial charge in [0.05, 0.1) is 22.6 Å². The van der Waals surface area contributed by atoms with Gasteiger partial charge >= 0.3 is 6.18 Å². The van der Waals surface area contributed by atoms with Crippen LogP contribution in [0.5, 0.6) is 5.75 Å². The fraction of sp³-hybridized carbons (Fsp3) is 0.586. The van der Waals surface area contributed by atoms with Crippen LogP contribution in [0.4, 0.5) is 18.9 Å². The van der Waals surface area contributed by atoms with Gasteiger partial charge in [0, 0.05) is 19.5 Å². The number of rotatable bonds is 6. The maximum absolute atomic E-state index is 14.3. The van der Waals surface area contributed by atoms with Crippen molar-refractivity contribution in [2.75, 3.05) is 25.5 Å². The predicted molar refractivity (Wildman–Crippen MR) is 159 cm³/mol. The Bertz CT molecular complexity index is 1570. The molecule has 1 saturated heterocycles. The number of anilines is 1. The van der Waals surface area contributed by atoms with E-state index < -0.39 is 38.4 Å². The van der Waals surface area contributed by atoms with Crippen LogP contribution in [0.1, 0.15) is 68.2 Å². The molecule has 0 aliphatic carbocycles. The van der Waals surface area contributed by atoms with Crippen LogP contribution < -0.4 is 21.1 Å². The van der Waals surface area contributed by atoms with E-state index in [2.05, 4.69) is 32.7 Å². The molecule has 2 aromatic rings. The zero-order valence-corrected chi connectivity index (χ0v) is 26.2. The van der Waals surface area contributed by atoms with Crippen molar-refractivity contribution in [1.29, 1.82) is 0 Å². The highest BCUT2D eigenvalue weighted by molar-refractivity contribution is 7.92. The van der Waals surface area contributed by atoms with Crippen LogP contribution in [0.25, 0.3) is 0 Å². The molecule has 1 aromatic carbocycles. The summed E-state index contributed by atoms with van der Waals surface area (Å²) in [6.07, 6.45) is 0.629. The van der Waals surface area contributed by atoms with Gasteiger partial charge in [0.2, 0.25) is 20.7 Å². The van der Waals surface area contributed by atoms with E-state index in [0.29, 0.717) is 23.4 Å². The number of ether oxygens (including phenoxy) is 1. The third-order valence-corrected chi connectivity index (χ3v) is 10.6. The molecule has 0 saturated carbocycles. The van der Waals surface area contributed by atoms with Crippen LogP contribution in [0.2, 0.25) is 0 Å². The summed E-state index contributed by atoms with van der Waals surface area (Å²) in [4.78, 5) is 6.51. The number of fused-ring (bicyclic) bond motifs is 1. The maximum Gasteiger partial charge on any atom is 0.421 e. The Hall–Kier alpha value is -3.10. The minimum atomic E-state index is -4.82. The zero-order chi connectivity index (χ0) is 31.5. The second kappa shape index (κ2) is 11.1. The summed E-state index contributed by atoms with van der Waals surface area (Å²) in [7, 11) is -0.327. The van der Waals surface area contributed by atoms with E-state index in [1.54, 1.807) is 0 Å². The molecule has 0 amide bonds. The fourth-order valence-corrected chi connectivity index (χ4v) is 7.21. The van der Waals surface area contributed by atoms with Gasteiger partial charge in [-0.2, -0.15) is 18.3 Å².